The number of benzene rings is 3. The summed E-state index contributed by atoms with van der Waals surface area (Å²) in [6.45, 7) is -0.634. The van der Waals surface area contributed by atoms with Crippen molar-refractivity contribution < 1.29 is 28.2 Å². The number of nitrogens with two attached hydrogens (primary N) is 1. The van der Waals surface area contributed by atoms with E-state index in [9.17, 15) is 18.8 Å². The van der Waals surface area contributed by atoms with Crippen molar-refractivity contribution in [1.82, 2.24) is 0 Å². The van der Waals surface area contributed by atoms with Crippen molar-refractivity contribution in [2.75, 3.05) is 25.2 Å². The molecule has 3 aromatic carbocycles. The predicted molar refractivity (Wildman–Crippen MR) is 131 cm³/mol. The van der Waals surface area contributed by atoms with Crippen LogP contribution in [0.15, 0.2) is 78.9 Å². The Morgan fingerprint density at radius 1 is 0.943 bits per heavy atom. The molecule has 0 radical (unpaired) electrons. The van der Waals surface area contributed by atoms with Crippen LogP contribution in [-0.2, 0) is 19.1 Å². The third-order valence-corrected chi connectivity index (χ3v) is 5.09. The fourth-order valence-electron chi connectivity index (χ4n) is 3.34. The van der Waals surface area contributed by atoms with Crippen molar-refractivity contribution in [3.05, 3.63) is 95.8 Å². The van der Waals surface area contributed by atoms with Gasteiger partial charge >= 0.3 is 5.97 Å². The number of amides is 2. The van der Waals surface area contributed by atoms with E-state index in [4.69, 9.17) is 15.2 Å². The van der Waals surface area contributed by atoms with Gasteiger partial charge in [-0.05, 0) is 42.0 Å². The van der Waals surface area contributed by atoms with Gasteiger partial charge in [0.15, 0.2) is 6.61 Å². The second-order valence-electron chi connectivity index (χ2n) is 7.48. The van der Waals surface area contributed by atoms with Gasteiger partial charge in [-0.25, -0.2) is 9.18 Å². The van der Waals surface area contributed by atoms with Crippen molar-refractivity contribution in [1.29, 1.82) is 0 Å². The number of halogens is 1. The fraction of sp³-hybridized carbons (Fsp3) is 0.148. The van der Waals surface area contributed by atoms with Gasteiger partial charge in [0.05, 0.1) is 12.7 Å². The standard InChI is InChI=1S/C27H25FN2O5/c1-34-24-10-6-5-9-20(24)17-23(19-7-3-2-4-8-19)27(33)35-18-26(32)30(16-15-25(29)31)22-13-11-21(28)12-14-22/h2-14,17H,15-16,18H2,1H3,(H2,29,31)/b23-17+. The maximum Gasteiger partial charge on any atom is 0.339 e. The molecule has 0 unspecified atom stereocenters. The Morgan fingerprint density at radius 3 is 2.26 bits per heavy atom. The van der Waals surface area contributed by atoms with E-state index in [2.05, 4.69) is 0 Å². The van der Waals surface area contributed by atoms with Crippen molar-refractivity contribution in [3.63, 3.8) is 0 Å². The molecule has 0 fully saturated rings. The van der Waals surface area contributed by atoms with Crippen molar-refractivity contribution in [2.45, 2.75) is 6.42 Å². The Morgan fingerprint density at radius 2 is 1.60 bits per heavy atom. The fourth-order valence-corrected chi connectivity index (χ4v) is 3.34. The summed E-state index contributed by atoms with van der Waals surface area (Å²) in [5.74, 6) is -1.82. The first-order valence-electron chi connectivity index (χ1n) is 10.8. The lowest BCUT2D eigenvalue weighted by molar-refractivity contribution is -0.142. The zero-order valence-corrected chi connectivity index (χ0v) is 19.1. The molecule has 2 amide bonds. The van der Waals surface area contributed by atoms with Gasteiger partial charge in [-0.1, -0.05) is 48.5 Å². The number of ether oxygens (including phenoxy) is 2. The highest BCUT2D eigenvalue weighted by Gasteiger charge is 2.21. The van der Waals surface area contributed by atoms with Crippen molar-refractivity contribution in [2.24, 2.45) is 5.73 Å². The third kappa shape index (κ3) is 7.01. The normalized spacial score (nSPS) is 11.0. The van der Waals surface area contributed by atoms with Crippen LogP contribution in [0.5, 0.6) is 5.75 Å². The van der Waals surface area contributed by atoms with Crippen LogP contribution >= 0.6 is 0 Å². The molecule has 3 aromatic rings. The number of hydrogen-bond acceptors (Lipinski definition) is 5. The van der Waals surface area contributed by atoms with E-state index in [1.54, 1.807) is 42.5 Å². The average Bonchev–Trinajstić information content (AvgIpc) is 2.87. The Hall–Kier alpha value is -4.46. The van der Waals surface area contributed by atoms with E-state index in [1.807, 2.05) is 18.2 Å². The van der Waals surface area contributed by atoms with Crippen LogP contribution < -0.4 is 15.4 Å². The molecule has 0 aliphatic rings. The summed E-state index contributed by atoms with van der Waals surface area (Å²) in [7, 11) is 1.53. The number of primary amides is 1. The molecule has 3 rings (SSSR count). The lowest BCUT2D eigenvalue weighted by Crippen LogP contribution is -2.37. The number of para-hydroxylation sites is 1. The SMILES string of the molecule is COc1ccccc1/C=C(/C(=O)OCC(=O)N(CCC(N)=O)c1ccc(F)cc1)c1ccccc1. The van der Waals surface area contributed by atoms with Crippen LogP contribution in [-0.4, -0.2) is 38.0 Å². The lowest BCUT2D eigenvalue weighted by Gasteiger charge is -2.22. The molecule has 0 heterocycles. The number of carbonyl (C=O) groups excluding carboxylic acids is 3. The molecule has 0 aliphatic carbocycles. The molecule has 0 bridgehead atoms. The number of rotatable bonds is 10. The molecule has 7 nitrogen and oxygen atoms in total. The van der Waals surface area contributed by atoms with Crippen molar-refractivity contribution >= 4 is 35.1 Å². The summed E-state index contributed by atoms with van der Waals surface area (Å²) in [4.78, 5) is 38.5. The average molecular weight is 477 g/mol. The minimum absolute atomic E-state index is 0.0417. The molecule has 0 saturated carbocycles. The second-order valence-corrected chi connectivity index (χ2v) is 7.48. The highest BCUT2D eigenvalue weighted by atomic mass is 19.1. The molecule has 180 valence electrons. The van der Waals surface area contributed by atoms with E-state index < -0.39 is 30.2 Å². The molecular weight excluding hydrogens is 451 g/mol. The molecule has 0 saturated heterocycles. The Balaban J connectivity index is 1.83. The Bertz CT molecular complexity index is 1210. The van der Waals surface area contributed by atoms with Crippen LogP contribution in [0.4, 0.5) is 10.1 Å². The van der Waals surface area contributed by atoms with Crippen LogP contribution in [0.2, 0.25) is 0 Å². The van der Waals surface area contributed by atoms with Gasteiger partial charge in [-0.2, -0.15) is 0 Å². The molecule has 0 atom stereocenters. The largest absolute Gasteiger partial charge is 0.496 e. The van der Waals surface area contributed by atoms with Gasteiger partial charge in [0.1, 0.15) is 11.6 Å². The molecule has 35 heavy (non-hydrogen) atoms. The first kappa shape index (κ1) is 25.2. The van der Waals surface area contributed by atoms with Gasteiger partial charge in [-0.3, -0.25) is 9.59 Å². The number of methoxy groups -OCH3 is 1. The lowest BCUT2D eigenvalue weighted by atomic mass is 10.0. The minimum atomic E-state index is -0.718. The summed E-state index contributed by atoms with van der Waals surface area (Å²) in [6, 6.07) is 21.2. The third-order valence-electron chi connectivity index (χ3n) is 5.09. The zero-order chi connectivity index (χ0) is 25.2. The number of hydrogen-bond donors (Lipinski definition) is 1. The summed E-state index contributed by atoms with van der Waals surface area (Å²) in [6.07, 6.45) is 1.52. The summed E-state index contributed by atoms with van der Waals surface area (Å²) in [5, 5.41) is 0. The van der Waals surface area contributed by atoms with E-state index in [0.29, 0.717) is 22.6 Å². The number of carbonyl (C=O) groups is 3. The molecule has 0 aliphatic heterocycles. The first-order chi connectivity index (χ1) is 16.9. The van der Waals surface area contributed by atoms with Crippen LogP contribution in [0, 0.1) is 5.82 Å². The molecule has 8 heteroatoms. The van der Waals surface area contributed by atoms with Gasteiger partial charge in [0, 0.05) is 24.2 Å². The number of nitrogens with zero attached hydrogens (tertiary/aromatic N) is 1. The summed E-state index contributed by atoms with van der Waals surface area (Å²) in [5.41, 5.74) is 7.06. The van der Waals surface area contributed by atoms with E-state index in [1.165, 1.54) is 36.3 Å². The van der Waals surface area contributed by atoms with Gasteiger partial charge in [0.2, 0.25) is 5.91 Å². The van der Waals surface area contributed by atoms with Crippen LogP contribution in [0.3, 0.4) is 0 Å². The van der Waals surface area contributed by atoms with Crippen molar-refractivity contribution in [3.8, 4) is 5.75 Å². The first-order valence-corrected chi connectivity index (χ1v) is 10.8. The summed E-state index contributed by atoms with van der Waals surface area (Å²) >= 11 is 0. The quantitative estimate of drug-likeness (QED) is 0.272. The van der Waals surface area contributed by atoms with Gasteiger partial charge in [-0.15, -0.1) is 0 Å². The smallest absolute Gasteiger partial charge is 0.339 e. The Kier molecular flexibility index (Phi) is 8.72. The molecule has 0 aromatic heterocycles. The maximum atomic E-state index is 13.3. The molecular formula is C27H25FN2O5. The minimum Gasteiger partial charge on any atom is -0.496 e. The topological polar surface area (TPSA) is 98.9 Å². The Labute approximate surface area is 202 Å². The molecule has 2 N–H and O–H groups in total. The van der Waals surface area contributed by atoms with Crippen LogP contribution in [0.25, 0.3) is 11.6 Å². The number of anilines is 1. The second kappa shape index (κ2) is 12.1. The summed E-state index contributed by atoms with van der Waals surface area (Å²) < 4.78 is 24.1. The van der Waals surface area contributed by atoms with E-state index in [-0.39, 0.29) is 18.5 Å². The number of esters is 1. The van der Waals surface area contributed by atoms with E-state index in [0.717, 1.165) is 0 Å². The monoisotopic (exact) mass is 476 g/mol. The van der Waals surface area contributed by atoms with E-state index >= 15 is 0 Å². The highest BCUT2D eigenvalue weighted by Crippen LogP contribution is 2.25. The van der Waals surface area contributed by atoms with Gasteiger partial charge < -0.3 is 20.1 Å². The van der Waals surface area contributed by atoms with Crippen LogP contribution in [0.1, 0.15) is 17.5 Å². The highest BCUT2D eigenvalue weighted by molar-refractivity contribution is 6.22. The molecule has 0 spiro atoms. The van der Waals surface area contributed by atoms with Gasteiger partial charge in [0.25, 0.3) is 5.91 Å². The zero-order valence-electron chi connectivity index (χ0n) is 19.1. The predicted octanol–water partition coefficient (Wildman–Crippen LogP) is 3.83. The maximum absolute atomic E-state index is 13.3.